The van der Waals surface area contributed by atoms with Crippen LogP contribution in [0.15, 0.2) is 40.9 Å². The van der Waals surface area contributed by atoms with Crippen LogP contribution in [0.1, 0.15) is 39.0 Å². The van der Waals surface area contributed by atoms with Crippen LogP contribution in [0.3, 0.4) is 0 Å². The van der Waals surface area contributed by atoms with Crippen LogP contribution in [0.25, 0.3) is 11.3 Å². The Morgan fingerprint density at radius 1 is 1.22 bits per heavy atom. The lowest BCUT2D eigenvalue weighted by atomic mass is 10.0. The third-order valence-electron chi connectivity index (χ3n) is 4.47. The van der Waals surface area contributed by atoms with Gasteiger partial charge in [-0.25, -0.2) is 4.98 Å². The minimum Gasteiger partial charge on any atom is -0.441 e. The van der Waals surface area contributed by atoms with Crippen LogP contribution in [0.5, 0.6) is 0 Å². The van der Waals surface area contributed by atoms with Crippen molar-refractivity contribution in [2.75, 3.05) is 13.6 Å². The van der Waals surface area contributed by atoms with E-state index in [-0.39, 0.29) is 36.8 Å². The number of oxazole rings is 1. The molecule has 0 aliphatic carbocycles. The molecule has 0 aliphatic heterocycles. The first-order valence-corrected chi connectivity index (χ1v) is 8.97. The number of halogens is 2. The molecule has 2 aromatic rings. The van der Waals surface area contributed by atoms with E-state index in [1.807, 2.05) is 37.4 Å². The fourth-order valence-electron chi connectivity index (χ4n) is 2.54. The number of hydrogen-bond donors (Lipinski definition) is 1. The van der Waals surface area contributed by atoms with Crippen LogP contribution >= 0.6 is 24.8 Å². The maximum Gasteiger partial charge on any atom is 0.222 e. The largest absolute Gasteiger partial charge is 0.441 e. The average molecular weight is 416 g/mol. The lowest BCUT2D eigenvalue weighted by Crippen LogP contribution is -2.34. The Hall–Kier alpha value is -1.56. The average Bonchev–Trinajstić information content (AvgIpc) is 3.08. The number of carbonyl (C=O) groups excluding carboxylic acids is 1. The van der Waals surface area contributed by atoms with Crippen molar-refractivity contribution in [3.05, 3.63) is 42.4 Å². The van der Waals surface area contributed by atoms with Crippen molar-refractivity contribution in [3.63, 3.8) is 0 Å². The number of nitrogens with zero attached hydrogens (tertiary/aromatic N) is 2. The highest BCUT2D eigenvalue weighted by Gasteiger charge is 2.13. The van der Waals surface area contributed by atoms with Crippen LogP contribution in [0.4, 0.5) is 0 Å². The first kappa shape index (κ1) is 25.4. The molecule has 27 heavy (non-hydrogen) atoms. The molecule has 2 N–H and O–H groups in total. The highest BCUT2D eigenvalue weighted by atomic mass is 35.5. The highest BCUT2D eigenvalue weighted by molar-refractivity contribution is 5.85. The normalized spacial score (nSPS) is 11.4. The van der Waals surface area contributed by atoms with Gasteiger partial charge < -0.3 is 15.1 Å². The van der Waals surface area contributed by atoms with Crippen molar-refractivity contribution in [2.45, 2.75) is 45.6 Å². The summed E-state index contributed by atoms with van der Waals surface area (Å²) in [6.45, 7) is 4.91. The smallest absolute Gasteiger partial charge is 0.222 e. The second-order valence-electron chi connectivity index (χ2n) is 6.85. The van der Waals surface area contributed by atoms with Gasteiger partial charge in [-0.3, -0.25) is 4.79 Å². The topological polar surface area (TPSA) is 72.4 Å². The van der Waals surface area contributed by atoms with Gasteiger partial charge in [-0.05, 0) is 18.8 Å². The Balaban J connectivity index is 0.00000338. The standard InChI is InChI=1S/C20H29N3O2.2ClH/c1-15(2)17(21)12-13-23(3)20(24)11-7-10-19-22-14-18(25-19)16-8-5-4-6-9-16;;/h4-6,8-9,14-15,17H,7,10-13,21H2,1-3H3;2*1H. The number of benzene rings is 1. The minimum absolute atomic E-state index is 0. The summed E-state index contributed by atoms with van der Waals surface area (Å²) >= 11 is 0. The van der Waals surface area contributed by atoms with Crippen LogP contribution in [0, 0.1) is 5.92 Å². The lowest BCUT2D eigenvalue weighted by molar-refractivity contribution is -0.130. The van der Waals surface area contributed by atoms with Gasteiger partial charge in [0, 0.05) is 38.0 Å². The zero-order chi connectivity index (χ0) is 18.2. The van der Waals surface area contributed by atoms with Crippen molar-refractivity contribution in [2.24, 2.45) is 11.7 Å². The van der Waals surface area contributed by atoms with Crippen LogP contribution < -0.4 is 5.73 Å². The zero-order valence-electron chi connectivity index (χ0n) is 16.3. The predicted molar refractivity (Wildman–Crippen MR) is 114 cm³/mol. The molecule has 1 atom stereocenters. The van der Waals surface area contributed by atoms with Gasteiger partial charge in [-0.15, -0.1) is 24.8 Å². The van der Waals surface area contributed by atoms with Crippen LogP contribution in [-0.4, -0.2) is 35.4 Å². The third kappa shape index (κ3) is 8.33. The molecule has 0 aliphatic rings. The fraction of sp³-hybridized carbons (Fsp3) is 0.500. The third-order valence-corrected chi connectivity index (χ3v) is 4.47. The lowest BCUT2D eigenvalue weighted by Gasteiger charge is -2.21. The van der Waals surface area contributed by atoms with Crippen LogP contribution in [0.2, 0.25) is 0 Å². The Morgan fingerprint density at radius 2 is 1.89 bits per heavy atom. The maximum absolute atomic E-state index is 12.2. The molecule has 1 heterocycles. The van der Waals surface area contributed by atoms with Crippen molar-refractivity contribution >= 4 is 30.7 Å². The second-order valence-corrected chi connectivity index (χ2v) is 6.85. The summed E-state index contributed by atoms with van der Waals surface area (Å²) in [5.74, 6) is 2.02. The molecule has 1 amide bonds. The summed E-state index contributed by atoms with van der Waals surface area (Å²) in [6, 6.07) is 10.0. The van der Waals surface area contributed by atoms with E-state index in [4.69, 9.17) is 10.2 Å². The molecule has 0 radical (unpaired) electrons. The Morgan fingerprint density at radius 3 is 2.52 bits per heavy atom. The van der Waals surface area contributed by atoms with Gasteiger partial charge in [0.2, 0.25) is 5.91 Å². The van der Waals surface area contributed by atoms with E-state index in [1.54, 1.807) is 11.1 Å². The monoisotopic (exact) mass is 415 g/mol. The molecule has 1 aromatic heterocycles. The molecule has 2 rings (SSSR count). The number of aryl methyl sites for hydroxylation is 1. The summed E-state index contributed by atoms with van der Waals surface area (Å²) in [5, 5.41) is 0. The minimum atomic E-state index is 0. The number of carbonyl (C=O) groups is 1. The first-order valence-electron chi connectivity index (χ1n) is 8.97. The quantitative estimate of drug-likeness (QED) is 0.660. The maximum atomic E-state index is 12.2. The summed E-state index contributed by atoms with van der Waals surface area (Å²) in [5.41, 5.74) is 7.05. The first-order chi connectivity index (χ1) is 12.0. The van der Waals surface area contributed by atoms with Gasteiger partial charge in [0.25, 0.3) is 0 Å². The number of amides is 1. The van der Waals surface area contributed by atoms with E-state index >= 15 is 0 Å². The van der Waals surface area contributed by atoms with E-state index < -0.39 is 0 Å². The van der Waals surface area contributed by atoms with Crippen molar-refractivity contribution in [3.8, 4) is 11.3 Å². The predicted octanol–water partition coefficient (Wildman–Crippen LogP) is 4.34. The van der Waals surface area contributed by atoms with Crippen molar-refractivity contribution in [1.29, 1.82) is 0 Å². The summed E-state index contributed by atoms with van der Waals surface area (Å²) in [7, 11) is 1.84. The molecule has 0 spiro atoms. The Bertz CT molecular complexity index is 662. The number of hydrogen-bond acceptors (Lipinski definition) is 4. The zero-order valence-corrected chi connectivity index (χ0v) is 17.9. The molecule has 7 heteroatoms. The van der Waals surface area contributed by atoms with E-state index in [2.05, 4.69) is 18.8 Å². The van der Waals surface area contributed by atoms with Gasteiger partial charge in [0.05, 0.1) is 6.20 Å². The molecular formula is C20H31Cl2N3O2. The van der Waals surface area contributed by atoms with Gasteiger partial charge in [-0.2, -0.15) is 0 Å². The van der Waals surface area contributed by atoms with Gasteiger partial charge >= 0.3 is 0 Å². The molecule has 1 aromatic carbocycles. The molecule has 0 saturated heterocycles. The van der Waals surface area contributed by atoms with Crippen molar-refractivity contribution < 1.29 is 9.21 Å². The highest BCUT2D eigenvalue weighted by Crippen LogP contribution is 2.20. The molecule has 0 fully saturated rings. The molecule has 0 bridgehead atoms. The van der Waals surface area contributed by atoms with E-state index in [9.17, 15) is 4.79 Å². The summed E-state index contributed by atoms with van der Waals surface area (Å²) < 4.78 is 5.76. The van der Waals surface area contributed by atoms with Crippen LogP contribution in [-0.2, 0) is 11.2 Å². The Labute approximate surface area is 174 Å². The second kappa shape index (κ2) is 12.8. The molecule has 1 unspecified atom stereocenters. The van der Waals surface area contributed by atoms with Gasteiger partial charge in [0.15, 0.2) is 11.7 Å². The Kier molecular flexibility index (Phi) is 12.0. The molecule has 5 nitrogen and oxygen atoms in total. The van der Waals surface area contributed by atoms with E-state index in [1.165, 1.54) is 0 Å². The number of nitrogens with two attached hydrogens (primary N) is 1. The molecular weight excluding hydrogens is 385 g/mol. The SMILES string of the molecule is CC(C)C(N)CCN(C)C(=O)CCCc1ncc(-c2ccccc2)o1.Cl.Cl. The van der Waals surface area contributed by atoms with Crippen molar-refractivity contribution in [1.82, 2.24) is 9.88 Å². The summed E-state index contributed by atoms with van der Waals surface area (Å²) in [6.07, 6.45) is 4.47. The van der Waals surface area contributed by atoms with E-state index in [0.29, 0.717) is 31.2 Å². The number of aromatic nitrogens is 1. The van der Waals surface area contributed by atoms with Gasteiger partial charge in [-0.1, -0.05) is 44.2 Å². The number of rotatable bonds is 9. The summed E-state index contributed by atoms with van der Waals surface area (Å²) in [4.78, 5) is 18.3. The fourth-order valence-corrected chi connectivity index (χ4v) is 2.54. The molecule has 152 valence electrons. The van der Waals surface area contributed by atoms with E-state index in [0.717, 1.165) is 24.2 Å². The van der Waals surface area contributed by atoms with Gasteiger partial charge in [0.1, 0.15) is 0 Å². The molecule has 0 saturated carbocycles.